The lowest BCUT2D eigenvalue weighted by Crippen LogP contribution is -2.70. The number of likely N-dealkylation sites (N-methyl/N-ethyl adjacent to an activating group) is 3. The number of nitrogens with zero attached hydrogens (tertiary/aromatic N) is 2. The van der Waals surface area contributed by atoms with Crippen LogP contribution in [0.3, 0.4) is 0 Å². The average molecular weight is 911 g/mol. The lowest BCUT2D eigenvalue weighted by atomic mass is 9.75. The minimum Gasteiger partial charge on any atom is -0.483 e. The SMILES string of the molecule is CCC1OC(=O)C(C)C(O[C@H]2C[C@@](C)(OC)[C@](O)(CN(C)CCN(C)C)[C@H](C)O2)C(C)C(O[C@@H]2O[C@H](C)C[C@H](NC)[C@H]2Oc2ccccc2)C(C)(O)CC(C)CNC(C)C(O)C1(C)O. The number of carbonyl (C=O) groups is 1. The summed E-state index contributed by atoms with van der Waals surface area (Å²) in [6, 6.07) is 8.66. The molecule has 0 bridgehead atoms. The third-order valence-electron chi connectivity index (χ3n) is 14.4. The molecule has 0 aromatic heterocycles. The van der Waals surface area contributed by atoms with Crippen molar-refractivity contribution in [1.29, 1.82) is 0 Å². The molecule has 3 aliphatic rings. The van der Waals surface area contributed by atoms with Crippen molar-refractivity contribution in [2.75, 3.05) is 61.5 Å². The molecule has 64 heavy (non-hydrogen) atoms. The zero-order chi connectivity index (χ0) is 47.9. The van der Waals surface area contributed by atoms with Crippen LogP contribution in [0.5, 0.6) is 5.75 Å². The first-order valence-electron chi connectivity index (χ1n) is 23.5. The van der Waals surface area contributed by atoms with E-state index in [2.05, 4.69) is 20.4 Å². The zero-order valence-electron chi connectivity index (χ0n) is 41.6. The van der Waals surface area contributed by atoms with E-state index in [1.54, 1.807) is 41.7 Å². The molecule has 1 aromatic carbocycles. The minimum absolute atomic E-state index is 0.0952. The Labute approximate surface area is 383 Å². The van der Waals surface area contributed by atoms with Gasteiger partial charge in [-0.2, -0.15) is 0 Å². The molecular weight excluding hydrogens is 825 g/mol. The third kappa shape index (κ3) is 12.9. The Hall–Kier alpha value is -2.03. The van der Waals surface area contributed by atoms with Crippen molar-refractivity contribution in [3.05, 3.63) is 30.3 Å². The molecule has 18 atom stereocenters. The van der Waals surface area contributed by atoms with Gasteiger partial charge in [-0.1, -0.05) is 39.0 Å². The number of benzene rings is 1. The lowest BCUT2D eigenvalue weighted by Gasteiger charge is -2.54. The Balaban J connectivity index is 1.83. The number of esters is 1. The topological polar surface area (TPSA) is 193 Å². The molecule has 370 valence electrons. The summed E-state index contributed by atoms with van der Waals surface area (Å²) < 4.78 is 46.2. The maximum atomic E-state index is 14.6. The smallest absolute Gasteiger partial charge is 0.311 e. The second-order valence-corrected chi connectivity index (χ2v) is 20.3. The summed E-state index contributed by atoms with van der Waals surface area (Å²) in [7, 11) is 9.39. The predicted octanol–water partition coefficient (Wildman–Crippen LogP) is 3.17. The van der Waals surface area contributed by atoms with E-state index < -0.39 is 95.5 Å². The molecule has 0 radical (unpaired) electrons. The number of hydrogen-bond acceptors (Lipinski definition) is 16. The molecular formula is C48H86N4O12. The fraction of sp³-hybridized carbons (Fsp3) is 0.854. The van der Waals surface area contributed by atoms with Crippen molar-refractivity contribution >= 4 is 5.97 Å². The highest BCUT2D eigenvalue weighted by Crippen LogP contribution is 2.44. The molecule has 4 rings (SSSR count). The van der Waals surface area contributed by atoms with Crippen LogP contribution in [0.15, 0.2) is 30.3 Å². The van der Waals surface area contributed by atoms with Crippen LogP contribution in [0.1, 0.15) is 94.9 Å². The van der Waals surface area contributed by atoms with Crippen molar-refractivity contribution in [3.8, 4) is 5.75 Å². The van der Waals surface area contributed by atoms with Crippen LogP contribution < -0.4 is 15.4 Å². The van der Waals surface area contributed by atoms with Gasteiger partial charge in [0.1, 0.15) is 34.8 Å². The molecule has 0 amide bonds. The van der Waals surface area contributed by atoms with Crippen LogP contribution in [-0.2, 0) is 33.2 Å². The quantitative estimate of drug-likeness (QED) is 0.149. The van der Waals surface area contributed by atoms with E-state index >= 15 is 0 Å². The first kappa shape index (κ1) is 54.6. The first-order chi connectivity index (χ1) is 29.8. The van der Waals surface area contributed by atoms with Gasteiger partial charge in [0.2, 0.25) is 0 Å². The van der Waals surface area contributed by atoms with Crippen LogP contribution in [0.25, 0.3) is 0 Å². The van der Waals surface area contributed by atoms with E-state index in [9.17, 15) is 25.2 Å². The highest BCUT2D eigenvalue weighted by molar-refractivity contribution is 5.73. The molecule has 3 heterocycles. The van der Waals surface area contributed by atoms with Gasteiger partial charge >= 0.3 is 5.97 Å². The number of aliphatic hydroxyl groups is 4. The van der Waals surface area contributed by atoms with Crippen molar-refractivity contribution < 1.29 is 58.4 Å². The van der Waals surface area contributed by atoms with Gasteiger partial charge in [0.15, 0.2) is 18.7 Å². The van der Waals surface area contributed by atoms with Crippen LogP contribution in [0, 0.1) is 17.8 Å². The molecule has 10 unspecified atom stereocenters. The second-order valence-electron chi connectivity index (χ2n) is 20.3. The molecule has 6 N–H and O–H groups in total. The summed E-state index contributed by atoms with van der Waals surface area (Å²) in [6.45, 7) is 20.1. The maximum Gasteiger partial charge on any atom is 0.311 e. The summed E-state index contributed by atoms with van der Waals surface area (Å²) in [5.41, 5.74) is -6.00. The largest absolute Gasteiger partial charge is 0.483 e. The standard InChI is InChI=1S/C48H86N4O12/c1-16-37-47(10,56)41(53)33(6)50-27-29(2)25-45(8,55)42(64-44-40(36(49-11)24-30(3)59-44)61-35-20-18-17-19-21-35)31(4)39(32(5)43(54)62-37)63-38-26-46(9,58-15)48(57,34(7)60-38)28-52(14)23-22-51(12)13/h17-21,29-34,36-42,44,49-50,53,55-57H,16,22-28H2,1-15H3/t29?,30-,31?,32?,33?,34+,36+,37?,38+,39?,40-,41?,42?,44+,45?,46-,47?,48+/m1/s1. The molecule has 0 spiro atoms. The number of nitrogens with one attached hydrogen (secondary N) is 2. The summed E-state index contributed by atoms with van der Waals surface area (Å²) >= 11 is 0. The number of ether oxygens (including phenoxy) is 7. The zero-order valence-corrected chi connectivity index (χ0v) is 41.6. The summed E-state index contributed by atoms with van der Waals surface area (Å²) in [6.07, 6.45) is -6.92. The van der Waals surface area contributed by atoms with Gasteiger partial charge in [0, 0.05) is 45.1 Å². The molecule has 3 aliphatic heterocycles. The molecule has 1 aromatic rings. The van der Waals surface area contributed by atoms with Gasteiger partial charge in [-0.25, -0.2) is 0 Å². The van der Waals surface area contributed by atoms with Crippen LogP contribution in [0.2, 0.25) is 0 Å². The van der Waals surface area contributed by atoms with Crippen molar-refractivity contribution in [3.63, 3.8) is 0 Å². The maximum absolute atomic E-state index is 14.6. The molecule has 16 heteroatoms. The van der Waals surface area contributed by atoms with Gasteiger partial charge in [0.05, 0.1) is 42.0 Å². The Morgan fingerprint density at radius 1 is 0.922 bits per heavy atom. The monoisotopic (exact) mass is 911 g/mol. The average Bonchev–Trinajstić information content (AvgIpc) is 3.23. The number of methoxy groups -OCH3 is 1. The normalized spacial score (nSPS) is 43.4. The van der Waals surface area contributed by atoms with Crippen molar-refractivity contribution in [2.24, 2.45) is 17.8 Å². The number of carbonyl (C=O) groups excluding carboxylic acids is 1. The van der Waals surface area contributed by atoms with Gasteiger partial charge in [0.25, 0.3) is 0 Å². The Morgan fingerprint density at radius 3 is 2.17 bits per heavy atom. The fourth-order valence-corrected chi connectivity index (χ4v) is 10.2. The number of cyclic esters (lactones) is 1. The lowest BCUT2D eigenvalue weighted by molar-refractivity contribution is -0.338. The van der Waals surface area contributed by atoms with Gasteiger partial charge in [-0.15, -0.1) is 0 Å². The van der Waals surface area contributed by atoms with E-state index in [0.717, 1.165) is 6.54 Å². The highest BCUT2D eigenvalue weighted by atomic mass is 16.7. The van der Waals surface area contributed by atoms with Gasteiger partial charge in [-0.05, 0) is 121 Å². The number of para-hydroxylation sites is 1. The number of hydrogen-bond donors (Lipinski definition) is 6. The van der Waals surface area contributed by atoms with E-state index in [-0.39, 0.29) is 43.9 Å². The molecule has 0 aliphatic carbocycles. The van der Waals surface area contributed by atoms with Crippen molar-refractivity contribution in [1.82, 2.24) is 20.4 Å². The Bertz CT molecular complexity index is 1580. The number of aliphatic hydroxyl groups excluding tert-OH is 1. The molecule has 16 nitrogen and oxygen atoms in total. The Morgan fingerprint density at radius 2 is 1.58 bits per heavy atom. The van der Waals surface area contributed by atoms with Gasteiger partial charge in [-0.3, -0.25) is 4.79 Å². The summed E-state index contributed by atoms with van der Waals surface area (Å²) in [4.78, 5) is 18.7. The minimum atomic E-state index is -1.82. The summed E-state index contributed by atoms with van der Waals surface area (Å²) in [5, 5.41) is 55.4. The Kier molecular flexibility index (Phi) is 19.5. The fourth-order valence-electron chi connectivity index (χ4n) is 10.2. The van der Waals surface area contributed by atoms with E-state index in [1.165, 1.54) is 6.92 Å². The molecule has 0 saturated carbocycles. The van der Waals surface area contributed by atoms with E-state index in [4.69, 9.17) is 33.2 Å². The van der Waals surface area contributed by atoms with Crippen molar-refractivity contribution in [2.45, 2.75) is 185 Å². The van der Waals surface area contributed by atoms with E-state index in [1.807, 2.05) is 86.2 Å². The molecule has 3 saturated heterocycles. The predicted molar refractivity (Wildman–Crippen MR) is 245 cm³/mol. The first-order valence-corrected chi connectivity index (χ1v) is 23.5. The highest BCUT2D eigenvalue weighted by Gasteiger charge is 2.59. The van der Waals surface area contributed by atoms with E-state index in [0.29, 0.717) is 25.3 Å². The van der Waals surface area contributed by atoms with Crippen LogP contribution >= 0.6 is 0 Å². The van der Waals surface area contributed by atoms with Gasteiger partial charge < -0.3 is 74.0 Å². The second kappa shape index (κ2) is 22.8. The summed E-state index contributed by atoms with van der Waals surface area (Å²) in [5.74, 6) is -2.01. The molecule has 3 fully saturated rings. The van der Waals surface area contributed by atoms with Crippen LogP contribution in [0.4, 0.5) is 0 Å². The number of rotatable bonds is 14. The van der Waals surface area contributed by atoms with Crippen LogP contribution in [-0.4, -0.2) is 187 Å². The third-order valence-corrected chi connectivity index (χ3v) is 14.4.